The van der Waals surface area contributed by atoms with E-state index in [-0.39, 0.29) is 16.6 Å². The molecule has 100 valence electrons. The van der Waals surface area contributed by atoms with Crippen molar-refractivity contribution in [3.63, 3.8) is 0 Å². The molecule has 0 saturated carbocycles. The second-order valence-electron chi connectivity index (χ2n) is 4.37. The molecular formula is C11H17N3O3S. The highest BCUT2D eigenvalue weighted by atomic mass is 32.2. The number of nitrogens with two attached hydrogens (primary N) is 1. The fourth-order valence-electron chi connectivity index (χ4n) is 2.13. The maximum atomic E-state index is 12.3. The number of hydrogen-bond donors (Lipinski definition) is 1. The lowest BCUT2D eigenvalue weighted by Gasteiger charge is -2.16. The molecular weight excluding hydrogens is 254 g/mol. The first-order valence-corrected chi connectivity index (χ1v) is 7.19. The second-order valence-corrected chi connectivity index (χ2v) is 6.22. The van der Waals surface area contributed by atoms with Crippen LogP contribution < -0.4 is 5.73 Å². The van der Waals surface area contributed by atoms with Crippen LogP contribution in [-0.4, -0.2) is 44.5 Å². The molecule has 0 aromatic carbocycles. The average molecular weight is 271 g/mol. The van der Waals surface area contributed by atoms with Gasteiger partial charge in [-0.15, -0.1) is 0 Å². The van der Waals surface area contributed by atoms with E-state index in [4.69, 9.17) is 10.5 Å². The zero-order chi connectivity index (χ0) is 13.2. The molecule has 0 bridgehead atoms. The highest BCUT2D eigenvalue weighted by Gasteiger charge is 2.34. The molecule has 1 atom stereocenters. The predicted octanol–water partition coefficient (Wildman–Crippen LogP) is 0.321. The molecule has 0 radical (unpaired) electrons. The fourth-order valence-corrected chi connectivity index (χ4v) is 3.69. The molecule has 1 fully saturated rings. The number of ether oxygens (including phenoxy) is 1. The lowest BCUT2D eigenvalue weighted by molar-refractivity contribution is 0.157. The quantitative estimate of drug-likeness (QED) is 0.852. The van der Waals surface area contributed by atoms with Crippen molar-refractivity contribution in [1.29, 1.82) is 0 Å². The van der Waals surface area contributed by atoms with Crippen LogP contribution in [0.1, 0.15) is 6.42 Å². The molecule has 1 aliphatic heterocycles. The normalized spacial score (nSPS) is 21.3. The van der Waals surface area contributed by atoms with Crippen molar-refractivity contribution in [2.75, 3.05) is 32.5 Å². The Bertz CT molecular complexity index is 518. The van der Waals surface area contributed by atoms with Crippen LogP contribution in [0.4, 0.5) is 5.69 Å². The van der Waals surface area contributed by atoms with Gasteiger partial charge in [-0.1, -0.05) is 0 Å². The number of nitrogen functional groups attached to an aromatic ring is 1. The summed E-state index contributed by atoms with van der Waals surface area (Å²) in [7, 11) is -1.96. The van der Waals surface area contributed by atoms with Gasteiger partial charge in [0.15, 0.2) is 5.03 Å². The lowest BCUT2D eigenvalue weighted by atomic mass is 10.1. The number of pyridine rings is 1. The van der Waals surface area contributed by atoms with Gasteiger partial charge in [-0.05, 0) is 24.5 Å². The Morgan fingerprint density at radius 2 is 2.39 bits per heavy atom. The first-order chi connectivity index (χ1) is 8.55. The zero-order valence-electron chi connectivity index (χ0n) is 10.2. The van der Waals surface area contributed by atoms with E-state index in [9.17, 15) is 8.42 Å². The molecule has 2 rings (SSSR count). The van der Waals surface area contributed by atoms with Crippen LogP contribution in [0.2, 0.25) is 0 Å². The number of sulfonamides is 1. The number of rotatable bonds is 4. The molecule has 2 heterocycles. The Balaban J connectivity index is 2.21. The number of aromatic nitrogens is 1. The van der Waals surface area contributed by atoms with Gasteiger partial charge < -0.3 is 10.5 Å². The minimum atomic E-state index is -3.58. The molecule has 0 spiro atoms. The summed E-state index contributed by atoms with van der Waals surface area (Å²) in [6.07, 6.45) is 2.24. The summed E-state index contributed by atoms with van der Waals surface area (Å²) in [4.78, 5) is 3.88. The molecule has 1 saturated heterocycles. The minimum Gasteiger partial charge on any atom is -0.396 e. The van der Waals surface area contributed by atoms with Gasteiger partial charge in [0.05, 0.1) is 12.3 Å². The van der Waals surface area contributed by atoms with E-state index in [0.717, 1.165) is 6.42 Å². The van der Waals surface area contributed by atoms with Crippen LogP contribution in [0, 0.1) is 5.92 Å². The number of methoxy groups -OCH3 is 1. The highest BCUT2D eigenvalue weighted by molar-refractivity contribution is 7.89. The molecule has 1 aromatic rings. The standard InChI is InChI=1S/C11H17N3O3S/c1-17-8-9-4-6-14(7-9)18(15,16)11-10(12)3-2-5-13-11/h2-3,5,9H,4,6-8,12H2,1H3. The topological polar surface area (TPSA) is 85.5 Å². The van der Waals surface area contributed by atoms with Gasteiger partial charge in [0.2, 0.25) is 0 Å². The number of nitrogens with zero attached hydrogens (tertiary/aromatic N) is 2. The van der Waals surface area contributed by atoms with Crippen LogP contribution in [-0.2, 0) is 14.8 Å². The molecule has 0 amide bonds. The van der Waals surface area contributed by atoms with Gasteiger partial charge in [0.1, 0.15) is 0 Å². The summed E-state index contributed by atoms with van der Waals surface area (Å²) in [6, 6.07) is 3.16. The van der Waals surface area contributed by atoms with Crippen molar-refractivity contribution in [2.24, 2.45) is 5.92 Å². The second kappa shape index (κ2) is 5.21. The van der Waals surface area contributed by atoms with E-state index in [1.807, 2.05) is 0 Å². The van der Waals surface area contributed by atoms with E-state index in [1.54, 1.807) is 19.2 Å². The Kier molecular flexibility index (Phi) is 3.84. The van der Waals surface area contributed by atoms with Crippen LogP contribution >= 0.6 is 0 Å². The fraction of sp³-hybridized carbons (Fsp3) is 0.545. The molecule has 6 nitrogen and oxygen atoms in total. The van der Waals surface area contributed by atoms with E-state index in [2.05, 4.69) is 4.98 Å². The largest absolute Gasteiger partial charge is 0.396 e. The summed E-state index contributed by atoms with van der Waals surface area (Å²) in [5.74, 6) is 0.245. The highest BCUT2D eigenvalue weighted by Crippen LogP contribution is 2.25. The van der Waals surface area contributed by atoms with Crippen molar-refractivity contribution in [2.45, 2.75) is 11.4 Å². The SMILES string of the molecule is COCC1CCN(S(=O)(=O)c2ncccc2N)C1. The monoisotopic (exact) mass is 271 g/mol. The van der Waals surface area contributed by atoms with Gasteiger partial charge in [0, 0.05) is 26.4 Å². The van der Waals surface area contributed by atoms with E-state index in [0.29, 0.717) is 19.7 Å². The Morgan fingerprint density at radius 1 is 1.61 bits per heavy atom. The molecule has 1 unspecified atom stereocenters. The molecule has 1 aliphatic rings. The van der Waals surface area contributed by atoms with Crippen LogP contribution in [0.25, 0.3) is 0 Å². The smallest absolute Gasteiger partial charge is 0.262 e. The third-order valence-corrected chi connectivity index (χ3v) is 4.88. The zero-order valence-corrected chi connectivity index (χ0v) is 11.1. The van der Waals surface area contributed by atoms with Gasteiger partial charge in [-0.2, -0.15) is 4.31 Å². The summed E-state index contributed by atoms with van der Waals surface area (Å²) in [6.45, 7) is 1.53. The predicted molar refractivity (Wildman–Crippen MR) is 67.4 cm³/mol. The Labute approximate surface area is 107 Å². The lowest BCUT2D eigenvalue weighted by Crippen LogP contribution is -2.30. The maximum absolute atomic E-state index is 12.3. The van der Waals surface area contributed by atoms with Crippen LogP contribution in [0.15, 0.2) is 23.4 Å². The molecule has 2 N–H and O–H groups in total. The Morgan fingerprint density at radius 3 is 3.06 bits per heavy atom. The summed E-state index contributed by atoms with van der Waals surface area (Å²) < 4.78 is 31.2. The van der Waals surface area contributed by atoms with Crippen LogP contribution in [0.3, 0.4) is 0 Å². The summed E-state index contributed by atoms with van der Waals surface area (Å²) in [5.41, 5.74) is 5.86. The van der Waals surface area contributed by atoms with Crippen molar-refractivity contribution in [3.05, 3.63) is 18.3 Å². The Hall–Kier alpha value is -1.18. The molecule has 18 heavy (non-hydrogen) atoms. The summed E-state index contributed by atoms with van der Waals surface area (Å²) in [5, 5.41) is -0.0527. The molecule has 7 heteroatoms. The van der Waals surface area contributed by atoms with E-state index in [1.165, 1.54) is 10.5 Å². The number of anilines is 1. The average Bonchev–Trinajstić information content (AvgIpc) is 2.79. The van der Waals surface area contributed by atoms with Crippen molar-refractivity contribution >= 4 is 15.7 Å². The van der Waals surface area contributed by atoms with Crippen LogP contribution in [0.5, 0.6) is 0 Å². The van der Waals surface area contributed by atoms with Crippen molar-refractivity contribution in [3.8, 4) is 0 Å². The third-order valence-electron chi connectivity index (χ3n) is 3.04. The molecule has 1 aromatic heterocycles. The van der Waals surface area contributed by atoms with Crippen molar-refractivity contribution in [1.82, 2.24) is 9.29 Å². The van der Waals surface area contributed by atoms with Gasteiger partial charge >= 0.3 is 0 Å². The minimum absolute atomic E-state index is 0.0527. The third kappa shape index (κ3) is 2.47. The van der Waals surface area contributed by atoms with E-state index < -0.39 is 10.0 Å². The maximum Gasteiger partial charge on any atom is 0.262 e. The van der Waals surface area contributed by atoms with Gasteiger partial charge in [-0.3, -0.25) is 0 Å². The van der Waals surface area contributed by atoms with Gasteiger partial charge in [0.25, 0.3) is 10.0 Å². The van der Waals surface area contributed by atoms with Gasteiger partial charge in [-0.25, -0.2) is 13.4 Å². The first-order valence-electron chi connectivity index (χ1n) is 5.75. The van der Waals surface area contributed by atoms with E-state index >= 15 is 0 Å². The number of hydrogen-bond acceptors (Lipinski definition) is 5. The molecule has 0 aliphatic carbocycles. The first kappa shape index (κ1) is 13.3. The van der Waals surface area contributed by atoms with Crippen molar-refractivity contribution < 1.29 is 13.2 Å². The summed E-state index contributed by atoms with van der Waals surface area (Å²) >= 11 is 0.